The number of fused-ring (bicyclic) bond motifs is 12. The highest BCUT2D eigenvalue weighted by Gasteiger charge is 2.20. The summed E-state index contributed by atoms with van der Waals surface area (Å²) in [4.78, 5) is 9.52. The molecule has 4 nitrogen and oxygen atoms in total. The molecule has 4 heteroatoms. The van der Waals surface area contributed by atoms with Gasteiger partial charge in [-0.25, -0.2) is 4.98 Å². The van der Waals surface area contributed by atoms with Crippen LogP contribution >= 0.6 is 0 Å². The number of hydrogen-bond donors (Lipinski definition) is 0. The van der Waals surface area contributed by atoms with E-state index in [9.17, 15) is 0 Å². The molecule has 40 heavy (non-hydrogen) atoms. The molecule has 0 N–H and O–H groups in total. The molecule has 0 unspecified atom stereocenters. The minimum absolute atomic E-state index is 0.984. The first-order chi connectivity index (χ1) is 19.9. The summed E-state index contributed by atoms with van der Waals surface area (Å²) < 4.78 is 4.80. The van der Waals surface area contributed by atoms with E-state index in [1.807, 2.05) is 18.5 Å². The molecule has 0 aliphatic rings. The zero-order chi connectivity index (χ0) is 26.2. The largest absolute Gasteiger partial charge is 0.307 e. The molecule has 0 saturated carbocycles. The van der Waals surface area contributed by atoms with Gasteiger partial charge in [-0.15, -0.1) is 0 Å². The first kappa shape index (κ1) is 21.5. The van der Waals surface area contributed by atoms with Gasteiger partial charge in [0.15, 0.2) is 0 Å². The third-order valence-electron chi connectivity index (χ3n) is 8.15. The molecule has 0 bridgehead atoms. The zero-order valence-corrected chi connectivity index (χ0v) is 21.5. The number of para-hydroxylation sites is 3. The highest BCUT2D eigenvalue weighted by molar-refractivity contribution is 6.24. The SMILES string of the molecule is c1cncc(-c2cccc(-n3c4ccccc4c4ccc5c6ccccc6c6nc7ccccc7n6c5c43)c2)c1. The summed E-state index contributed by atoms with van der Waals surface area (Å²) in [5.74, 6) is 0. The molecule has 186 valence electrons. The van der Waals surface area contributed by atoms with Crippen LogP contribution in [-0.4, -0.2) is 18.9 Å². The highest BCUT2D eigenvalue weighted by atomic mass is 15.1. The fourth-order valence-corrected chi connectivity index (χ4v) is 6.46. The predicted molar refractivity (Wildman–Crippen MR) is 165 cm³/mol. The van der Waals surface area contributed by atoms with Gasteiger partial charge in [-0.2, -0.15) is 0 Å². The molecule has 4 heterocycles. The van der Waals surface area contributed by atoms with Crippen molar-refractivity contribution in [2.24, 2.45) is 0 Å². The predicted octanol–water partition coefficient (Wildman–Crippen LogP) is 8.95. The van der Waals surface area contributed by atoms with Gasteiger partial charge >= 0.3 is 0 Å². The summed E-state index contributed by atoms with van der Waals surface area (Å²) in [6, 6.07) is 43.2. The summed E-state index contributed by atoms with van der Waals surface area (Å²) >= 11 is 0. The summed E-state index contributed by atoms with van der Waals surface area (Å²) in [7, 11) is 0. The third kappa shape index (κ3) is 2.85. The summed E-state index contributed by atoms with van der Waals surface area (Å²) in [6.07, 6.45) is 3.74. The van der Waals surface area contributed by atoms with E-state index in [0.29, 0.717) is 0 Å². The van der Waals surface area contributed by atoms with Gasteiger partial charge in [-0.05, 0) is 47.3 Å². The Morgan fingerprint density at radius 2 is 1.23 bits per heavy atom. The Balaban J connectivity index is 1.54. The Bertz CT molecular complexity index is 2430. The summed E-state index contributed by atoms with van der Waals surface area (Å²) in [5, 5.41) is 6.04. The zero-order valence-electron chi connectivity index (χ0n) is 21.5. The van der Waals surface area contributed by atoms with Gasteiger partial charge in [-0.1, -0.05) is 84.9 Å². The van der Waals surface area contributed by atoms with E-state index in [0.717, 1.165) is 38.9 Å². The van der Waals surface area contributed by atoms with Gasteiger partial charge in [0.1, 0.15) is 5.65 Å². The number of pyridine rings is 2. The van der Waals surface area contributed by atoms with E-state index in [2.05, 4.69) is 129 Å². The van der Waals surface area contributed by atoms with Gasteiger partial charge in [0.05, 0.1) is 27.6 Å². The van der Waals surface area contributed by atoms with Gasteiger partial charge in [-0.3, -0.25) is 9.38 Å². The molecule has 0 radical (unpaired) electrons. The normalized spacial score (nSPS) is 12.0. The van der Waals surface area contributed by atoms with Crippen molar-refractivity contribution in [3.63, 3.8) is 0 Å². The van der Waals surface area contributed by atoms with Crippen molar-refractivity contribution in [3.05, 3.63) is 134 Å². The molecule has 0 aliphatic carbocycles. The van der Waals surface area contributed by atoms with Crippen molar-refractivity contribution in [2.45, 2.75) is 0 Å². The van der Waals surface area contributed by atoms with Gasteiger partial charge in [0.2, 0.25) is 0 Å². The Hall–Kier alpha value is -5.48. The van der Waals surface area contributed by atoms with Gasteiger partial charge in [0.25, 0.3) is 0 Å². The fourth-order valence-electron chi connectivity index (χ4n) is 6.46. The molecule has 5 aromatic carbocycles. The first-order valence-corrected chi connectivity index (χ1v) is 13.5. The lowest BCUT2D eigenvalue weighted by atomic mass is 10.0. The third-order valence-corrected chi connectivity index (χ3v) is 8.15. The molecule has 0 spiro atoms. The van der Waals surface area contributed by atoms with Crippen LogP contribution in [0.3, 0.4) is 0 Å². The van der Waals surface area contributed by atoms with E-state index >= 15 is 0 Å². The Labute approximate surface area is 229 Å². The molecule has 0 saturated heterocycles. The molecule has 9 aromatic rings. The molecule has 4 aromatic heterocycles. The average Bonchev–Trinajstić information content (AvgIpc) is 3.58. The second-order valence-corrected chi connectivity index (χ2v) is 10.3. The van der Waals surface area contributed by atoms with Crippen LogP contribution in [0, 0.1) is 0 Å². The monoisotopic (exact) mass is 510 g/mol. The number of rotatable bonds is 2. The first-order valence-electron chi connectivity index (χ1n) is 13.5. The molecular formula is C36H22N4. The van der Waals surface area contributed by atoms with Crippen molar-refractivity contribution in [1.29, 1.82) is 0 Å². The molecular weight excluding hydrogens is 488 g/mol. The van der Waals surface area contributed by atoms with Crippen LogP contribution in [0.25, 0.3) is 77.0 Å². The van der Waals surface area contributed by atoms with Crippen LogP contribution in [-0.2, 0) is 0 Å². The standard InChI is InChI=1S/C36H22N4/c1-2-14-30-26(12-1)28-18-19-29-27-13-3-5-16-32(27)39(25-11-7-9-23(21-25)24-10-8-20-37-22-24)34(29)35(28)40-33-17-6-4-15-31(33)38-36(30)40/h1-22H. The topological polar surface area (TPSA) is 35.1 Å². The lowest BCUT2D eigenvalue weighted by Crippen LogP contribution is -1.98. The minimum atomic E-state index is 0.984. The van der Waals surface area contributed by atoms with Crippen molar-refractivity contribution in [3.8, 4) is 16.8 Å². The minimum Gasteiger partial charge on any atom is -0.307 e. The number of aromatic nitrogens is 4. The maximum absolute atomic E-state index is 5.16. The smallest absolute Gasteiger partial charge is 0.146 e. The molecule has 0 aliphatic heterocycles. The van der Waals surface area contributed by atoms with Crippen LogP contribution in [0.15, 0.2) is 134 Å². The number of benzene rings is 5. The van der Waals surface area contributed by atoms with Crippen molar-refractivity contribution < 1.29 is 0 Å². The second kappa shape index (κ2) is 8.01. The van der Waals surface area contributed by atoms with E-state index in [1.165, 1.54) is 38.1 Å². The summed E-state index contributed by atoms with van der Waals surface area (Å²) in [5.41, 5.74) is 9.98. The summed E-state index contributed by atoms with van der Waals surface area (Å²) in [6.45, 7) is 0. The Kier molecular flexibility index (Phi) is 4.30. The number of hydrogen-bond acceptors (Lipinski definition) is 2. The van der Waals surface area contributed by atoms with Crippen LogP contribution < -0.4 is 0 Å². The molecule has 0 fully saturated rings. The Morgan fingerprint density at radius 1 is 0.500 bits per heavy atom. The molecule has 0 amide bonds. The number of nitrogens with zero attached hydrogens (tertiary/aromatic N) is 4. The van der Waals surface area contributed by atoms with Crippen LogP contribution in [0.4, 0.5) is 0 Å². The van der Waals surface area contributed by atoms with E-state index in [4.69, 9.17) is 4.98 Å². The van der Waals surface area contributed by atoms with Crippen LogP contribution in [0.1, 0.15) is 0 Å². The quantitative estimate of drug-likeness (QED) is 0.218. The van der Waals surface area contributed by atoms with E-state index < -0.39 is 0 Å². The second-order valence-electron chi connectivity index (χ2n) is 10.3. The van der Waals surface area contributed by atoms with Crippen LogP contribution in [0.2, 0.25) is 0 Å². The van der Waals surface area contributed by atoms with Crippen LogP contribution in [0.5, 0.6) is 0 Å². The lowest BCUT2D eigenvalue weighted by molar-refractivity contribution is 1.18. The molecule has 9 rings (SSSR count). The van der Waals surface area contributed by atoms with Gasteiger partial charge in [0, 0.05) is 45.2 Å². The fraction of sp³-hybridized carbons (Fsp3) is 0. The highest BCUT2D eigenvalue weighted by Crippen LogP contribution is 2.41. The van der Waals surface area contributed by atoms with Crippen molar-refractivity contribution in [2.75, 3.05) is 0 Å². The number of imidazole rings is 1. The van der Waals surface area contributed by atoms with E-state index in [1.54, 1.807) is 0 Å². The van der Waals surface area contributed by atoms with Crippen molar-refractivity contribution in [1.82, 2.24) is 18.9 Å². The maximum atomic E-state index is 5.16. The van der Waals surface area contributed by atoms with Gasteiger partial charge < -0.3 is 4.57 Å². The Morgan fingerprint density at radius 3 is 2.08 bits per heavy atom. The van der Waals surface area contributed by atoms with E-state index in [-0.39, 0.29) is 0 Å². The molecule has 0 atom stereocenters. The lowest BCUT2D eigenvalue weighted by Gasteiger charge is -2.14. The van der Waals surface area contributed by atoms with Crippen molar-refractivity contribution >= 4 is 60.2 Å². The maximum Gasteiger partial charge on any atom is 0.146 e. The average molecular weight is 511 g/mol.